The van der Waals surface area contributed by atoms with Crippen molar-refractivity contribution in [1.29, 1.82) is 0 Å². The van der Waals surface area contributed by atoms with Gasteiger partial charge in [-0.2, -0.15) is 0 Å². The van der Waals surface area contributed by atoms with E-state index in [2.05, 4.69) is 4.90 Å². The van der Waals surface area contributed by atoms with Gasteiger partial charge >= 0.3 is 0 Å². The van der Waals surface area contributed by atoms with Crippen molar-refractivity contribution < 1.29 is 9.53 Å². The first-order valence-corrected chi connectivity index (χ1v) is 6.99. The van der Waals surface area contributed by atoms with Gasteiger partial charge in [0.05, 0.1) is 30.0 Å². The van der Waals surface area contributed by atoms with Crippen LogP contribution in [0, 0.1) is 5.41 Å². The molecule has 0 saturated carbocycles. The lowest BCUT2D eigenvalue weighted by Crippen LogP contribution is -2.54. The molecule has 0 spiro atoms. The molecule has 5 nitrogen and oxygen atoms in total. The predicted molar refractivity (Wildman–Crippen MR) is 79.0 cm³/mol. The highest BCUT2D eigenvalue weighted by atomic mass is 16.5. The van der Waals surface area contributed by atoms with E-state index in [1.54, 1.807) is 0 Å². The molecule has 5 heteroatoms. The van der Waals surface area contributed by atoms with Crippen LogP contribution in [0.2, 0.25) is 0 Å². The third-order valence-electron chi connectivity index (χ3n) is 4.49. The number of benzene rings is 1. The molecule has 0 bridgehead atoms. The van der Waals surface area contributed by atoms with E-state index in [0.717, 1.165) is 17.9 Å². The summed E-state index contributed by atoms with van der Waals surface area (Å²) in [5.41, 5.74) is 7.51. The highest BCUT2D eigenvalue weighted by molar-refractivity contribution is 6.01. The van der Waals surface area contributed by atoms with E-state index in [4.69, 9.17) is 10.5 Å². The van der Waals surface area contributed by atoms with Crippen molar-refractivity contribution >= 4 is 17.3 Å². The molecule has 2 aliphatic heterocycles. The average Bonchev–Trinajstić information content (AvgIpc) is 2.80. The number of rotatable bonds is 1. The molecular formula is C15H21N3O2. The van der Waals surface area contributed by atoms with E-state index < -0.39 is 5.41 Å². The van der Waals surface area contributed by atoms with Gasteiger partial charge in [-0.15, -0.1) is 0 Å². The van der Waals surface area contributed by atoms with Gasteiger partial charge in [0.2, 0.25) is 5.91 Å². The Morgan fingerprint density at radius 2 is 2.05 bits per heavy atom. The van der Waals surface area contributed by atoms with Gasteiger partial charge in [-0.05, 0) is 19.1 Å². The van der Waals surface area contributed by atoms with Crippen LogP contribution in [0.25, 0.3) is 0 Å². The first-order valence-electron chi connectivity index (χ1n) is 6.99. The van der Waals surface area contributed by atoms with Gasteiger partial charge in [0.25, 0.3) is 0 Å². The minimum absolute atomic E-state index is 0.0723. The van der Waals surface area contributed by atoms with E-state index >= 15 is 0 Å². The number of carbonyl (C=O) groups excluding carboxylic acids is 1. The predicted octanol–water partition coefficient (Wildman–Crippen LogP) is 0.833. The summed E-state index contributed by atoms with van der Waals surface area (Å²) in [6.45, 7) is 4.29. The Hall–Kier alpha value is -1.59. The Balaban J connectivity index is 1.96. The summed E-state index contributed by atoms with van der Waals surface area (Å²) in [7, 11) is 2.05. The molecule has 0 radical (unpaired) electrons. The zero-order valence-corrected chi connectivity index (χ0v) is 12.0. The van der Waals surface area contributed by atoms with Crippen molar-refractivity contribution in [2.24, 2.45) is 11.1 Å². The lowest BCUT2D eigenvalue weighted by molar-refractivity contribution is -0.127. The molecule has 2 unspecified atom stereocenters. The zero-order valence-electron chi connectivity index (χ0n) is 12.0. The van der Waals surface area contributed by atoms with E-state index in [1.807, 2.05) is 43.1 Å². The smallest absolute Gasteiger partial charge is 0.237 e. The van der Waals surface area contributed by atoms with Crippen molar-refractivity contribution in [3.8, 4) is 0 Å². The molecule has 1 fully saturated rings. The second kappa shape index (κ2) is 4.75. The maximum atomic E-state index is 12.9. The average molecular weight is 275 g/mol. The van der Waals surface area contributed by atoms with Gasteiger partial charge < -0.3 is 20.3 Å². The van der Waals surface area contributed by atoms with Gasteiger partial charge in [-0.1, -0.05) is 12.1 Å². The van der Waals surface area contributed by atoms with Crippen LogP contribution in [0.5, 0.6) is 0 Å². The normalized spacial score (nSPS) is 29.4. The van der Waals surface area contributed by atoms with Crippen LogP contribution in [0.1, 0.15) is 6.92 Å². The first-order chi connectivity index (χ1) is 9.54. The molecule has 0 aliphatic carbocycles. The maximum Gasteiger partial charge on any atom is 0.237 e. The number of anilines is 2. The molecule has 2 aliphatic rings. The second-order valence-electron chi connectivity index (χ2n) is 5.91. The summed E-state index contributed by atoms with van der Waals surface area (Å²) < 4.78 is 5.41. The fraction of sp³-hybridized carbons (Fsp3) is 0.533. The summed E-state index contributed by atoms with van der Waals surface area (Å²) in [5.74, 6) is 0.0723. The monoisotopic (exact) mass is 275 g/mol. The molecular weight excluding hydrogens is 254 g/mol. The third-order valence-corrected chi connectivity index (χ3v) is 4.49. The summed E-state index contributed by atoms with van der Waals surface area (Å²) in [4.78, 5) is 17.0. The lowest BCUT2D eigenvalue weighted by atomic mass is 9.84. The Bertz CT molecular complexity index is 534. The Kier molecular flexibility index (Phi) is 3.18. The number of nitrogens with two attached hydrogens (primary N) is 1. The highest BCUT2D eigenvalue weighted by Crippen LogP contribution is 2.37. The molecule has 2 atom stereocenters. The molecule has 1 aromatic rings. The van der Waals surface area contributed by atoms with Crippen LogP contribution in [-0.2, 0) is 9.53 Å². The van der Waals surface area contributed by atoms with Crippen LogP contribution < -0.4 is 15.5 Å². The van der Waals surface area contributed by atoms with Gasteiger partial charge in [0.1, 0.15) is 0 Å². The fourth-order valence-corrected chi connectivity index (χ4v) is 2.93. The Morgan fingerprint density at radius 1 is 1.35 bits per heavy atom. The number of hydrogen-bond donors (Lipinski definition) is 1. The number of ether oxygens (including phenoxy) is 1. The van der Waals surface area contributed by atoms with Gasteiger partial charge in [-0.25, -0.2) is 0 Å². The van der Waals surface area contributed by atoms with Crippen molar-refractivity contribution in [2.45, 2.75) is 13.0 Å². The minimum Gasteiger partial charge on any atom is -0.379 e. The van der Waals surface area contributed by atoms with Gasteiger partial charge in [-0.3, -0.25) is 4.79 Å². The van der Waals surface area contributed by atoms with Crippen molar-refractivity contribution in [2.75, 3.05) is 43.2 Å². The number of hydrogen-bond acceptors (Lipinski definition) is 4. The number of nitrogens with zero attached hydrogens (tertiary/aromatic N) is 2. The molecule has 1 saturated heterocycles. The standard InChI is InChI=1S/C15H21N3O2/c1-15(10-20-9-13(15)16)14(19)18-8-7-17(2)11-5-3-4-6-12(11)18/h3-6,13H,7-10,16H2,1-2H3. The number of para-hydroxylation sites is 2. The van der Waals surface area contributed by atoms with E-state index in [9.17, 15) is 4.79 Å². The van der Waals surface area contributed by atoms with Crippen molar-refractivity contribution in [1.82, 2.24) is 0 Å². The Labute approximate surface area is 119 Å². The van der Waals surface area contributed by atoms with Gasteiger partial charge in [0, 0.05) is 26.2 Å². The summed E-state index contributed by atoms with van der Waals surface area (Å²) in [6.07, 6.45) is 0. The highest BCUT2D eigenvalue weighted by Gasteiger charge is 2.47. The molecule has 1 aromatic carbocycles. The van der Waals surface area contributed by atoms with Crippen LogP contribution in [0.15, 0.2) is 24.3 Å². The van der Waals surface area contributed by atoms with Crippen molar-refractivity contribution in [3.05, 3.63) is 24.3 Å². The molecule has 3 rings (SSSR count). The molecule has 1 amide bonds. The van der Waals surface area contributed by atoms with E-state index in [0.29, 0.717) is 19.8 Å². The third kappa shape index (κ3) is 1.89. The van der Waals surface area contributed by atoms with Gasteiger partial charge in [0.15, 0.2) is 0 Å². The molecule has 20 heavy (non-hydrogen) atoms. The first kappa shape index (κ1) is 13.4. The van der Waals surface area contributed by atoms with Crippen LogP contribution in [0.4, 0.5) is 11.4 Å². The minimum atomic E-state index is -0.622. The summed E-state index contributed by atoms with van der Waals surface area (Å²) >= 11 is 0. The van der Waals surface area contributed by atoms with Crippen LogP contribution in [-0.4, -0.2) is 45.3 Å². The topological polar surface area (TPSA) is 58.8 Å². The molecule has 108 valence electrons. The second-order valence-corrected chi connectivity index (χ2v) is 5.91. The number of carbonyl (C=O) groups is 1. The SMILES string of the molecule is CN1CCN(C(=O)C2(C)COCC2N)c2ccccc21. The maximum absolute atomic E-state index is 12.9. The quantitative estimate of drug-likeness (QED) is 0.825. The molecule has 0 aromatic heterocycles. The lowest BCUT2D eigenvalue weighted by Gasteiger charge is -2.39. The molecule has 2 N–H and O–H groups in total. The number of amides is 1. The van der Waals surface area contributed by atoms with E-state index in [1.165, 1.54) is 0 Å². The summed E-state index contributed by atoms with van der Waals surface area (Å²) in [5, 5.41) is 0. The largest absolute Gasteiger partial charge is 0.379 e. The van der Waals surface area contributed by atoms with Crippen LogP contribution in [0.3, 0.4) is 0 Å². The number of fused-ring (bicyclic) bond motifs is 1. The fourth-order valence-electron chi connectivity index (χ4n) is 2.93. The van der Waals surface area contributed by atoms with Crippen molar-refractivity contribution in [3.63, 3.8) is 0 Å². The Morgan fingerprint density at radius 3 is 2.70 bits per heavy atom. The number of likely N-dealkylation sites (N-methyl/N-ethyl adjacent to an activating group) is 1. The van der Waals surface area contributed by atoms with E-state index in [-0.39, 0.29) is 11.9 Å². The zero-order chi connectivity index (χ0) is 14.3. The van der Waals surface area contributed by atoms with Crippen LogP contribution >= 0.6 is 0 Å². The summed E-state index contributed by atoms with van der Waals surface area (Å²) in [6, 6.07) is 7.76. The molecule has 2 heterocycles.